The van der Waals surface area contributed by atoms with Crippen molar-refractivity contribution in [2.24, 2.45) is 11.8 Å². The quantitative estimate of drug-likeness (QED) is 0.845. The lowest BCUT2D eigenvalue weighted by Crippen LogP contribution is -2.39. The maximum Gasteiger partial charge on any atom is 0.310 e. The van der Waals surface area contributed by atoms with Crippen molar-refractivity contribution in [1.29, 1.82) is 0 Å². The standard InChI is InChI=1S/C15H12ClNO4/c16-8-2-1-3-9(6-8)17-7-15-5-4-10(21-15)11(14(19)20)12(15)13(17)18/h1-6,10-12H,7H2,(H,19,20)/t10-,11-,12-,15+/m1/s1. The molecule has 0 aromatic heterocycles. The molecule has 5 nitrogen and oxygen atoms in total. The molecule has 2 saturated heterocycles. The summed E-state index contributed by atoms with van der Waals surface area (Å²) in [6, 6.07) is 6.97. The molecule has 0 aliphatic carbocycles. The molecule has 1 N–H and O–H groups in total. The number of aliphatic carboxylic acids is 1. The Morgan fingerprint density at radius 3 is 3.00 bits per heavy atom. The molecule has 4 atom stereocenters. The molecule has 3 heterocycles. The summed E-state index contributed by atoms with van der Waals surface area (Å²) in [5.74, 6) is -2.68. The van der Waals surface area contributed by atoms with E-state index in [1.54, 1.807) is 35.2 Å². The van der Waals surface area contributed by atoms with Crippen LogP contribution in [0.2, 0.25) is 5.02 Å². The van der Waals surface area contributed by atoms with Gasteiger partial charge in [-0.2, -0.15) is 0 Å². The predicted molar refractivity (Wildman–Crippen MR) is 75.2 cm³/mol. The number of anilines is 1. The molecule has 1 spiro atoms. The number of hydrogen-bond donors (Lipinski definition) is 1. The summed E-state index contributed by atoms with van der Waals surface area (Å²) in [4.78, 5) is 25.7. The monoisotopic (exact) mass is 305 g/mol. The molecule has 2 fully saturated rings. The fourth-order valence-corrected chi connectivity index (χ4v) is 3.83. The highest BCUT2D eigenvalue weighted by molar-refractivity contribution is 6.31. The second-order valence-corrected chi connectivity index (χ2v) is 6.08. The van der Waals surface area contributed by atoms with Crippen LogP contribution in [0.1, 0.15) is 0 Å². The van der Waals surface area contributed by atoms with E-state index in [-0.39, 0.29) is 5.91 Å². The maximum atomic E-state index is 12.7. The molecule has 21 heavy (non-hydrogen) atoms. The molecular weight excluding hydrogens is 294 g/mol. The van der Waals surface area contributed by atoms with Crippen molar-refractivity contribution in [2.75, 3.05) is 11.4 Å². The lowest BCUT2D eigenvalue weighted by molar-refractivity contribution is -0.146. The van der Waals surface area contributed by atoms with Crippen molar-refractivity contribution in [1.82, 2.24) is 0 Å². The van der Waals surface area contributed by atoms with E-state index in [1.165, 1.54) is 0 Å². The first-order chi connectivity index (χ1) is 10.0. The number of carboxylic acids is 1. The molecule has 1 aromatic carbocycles. The third-order valence-corrected chi connectivity index (χ3v) is 4.74. The van der Waals surface area contributed by atoms with E-state index in [4.69, 9.17) is 16.3 Å². The summed E-state index contributed by atoms with van der Waals surface area (Å²) >= 11 is 5.97. The smallest absolute Gasteiger partial charge is 0.310 e. The van der Waals surface area contributed by atoms with Crippen LogP contribution < -0.4 is 4.90 Å². The van der Waals surface area contributed by atoms with Crippen molar-refractivity contribution in [3.63, 3.8) is 0 Å². The lowest BCUT2D eigenvalue weighted by Gasteiger charge is -2.21. The molecule has 1 aromatic rings. The van der Waals surface area contributed by atoms with Crippen LogP contribution in [0.5, 0.6) is 0 Å². The topological polar surface area (TPSA) is 66.8 Å². The van der Waals surface area contributed by atoms with Crippen LogP contribution in [0.25, 0.3) is 0 Å². The largest absolute Gasteiger partial charge is 0.481 e. The maximum absolute atomic E-state index is 12.7. The molecule has 3 aliphatic heterocycles. The van der Waals surface area contributed by atoms with Crippen LogP contribution in [0.15, 0.2) is 36.4 Å². The van der Waals surface area contributed by atoms with Gasteiger partial charge in [-0.05, 0) is 18.2 Å². The second-order valence-electron chi connectivity index (χ2n) is 5.64. The average molecular weight is 306 g/mol. The molecule has 0 unspecified atom stereocenters. The van der Waals surface area contributed by atoms with E-state index in [1.807, 2.05) is 6.08 Å². The van der Waals surface area contributed by atoms with Crippen molar-refractivity contribution in [2.45, 2.75) is 11.7 Å². The zero-order chi connectivity index (χ0) is 14.8. The van der Waals surface area contributed by atoms with Crippen LogP contribution in [-0.2, 0) is 14.3 Å². The van der Waals surface area contributed by atoms with Crippen LogP contribution in [0, 0.1) is 11.8 Å². The van der Waals surface area contributed by atoms with Crippen molar-refractivity contribution in [3.05, 3.63) is 41.4 Å². The number of fused-ring (bicyclic) bond motifs is 1. The van der Waals surface area contributed by atoms with Crippen LogP contribution >= 0.6 is 11.6 Å². The van der Waals surface area contributed by atoms with E-state index in [9.17, 15) is 14.7 Å². The molecule has 0 saturated carbocycles. The summed E-state index contributed by atoms with van der Waals surface area (Å²) in [5.41, 5.74) is -0.145. The minimum Gasteiger partial charge on any atom is -0.481 e. The summed E-state index contributed by atoms with van der Waals surface area (Å²) in [7, 11) is 0. The van der Waals surface area contributed by atoms with E-state index >= 15 is 0 Å². The number of benzene rings is 1. The zero-order valence-electron chi connectivity index (χ0n) is 10.9. The SMILES string of the molecule is O=C(O)[C@@H]1[C@H]2C=C[C@@]3(CN(c4cccc(Cl)c4)C(=O)[C@@H]13)O2. The highest BCUT2D eigenvalue weighted by Crippen LogP contribution is 2.52. The van der Waals surface area contributed by atoms with Gasteiger partial charge in [0.15, 0.2) is 0 Å². The number of halogens is 1. The Balaban J connectivity index is 1.75. The molecule has 2 bridgehead atoms. The zero-order valence-corrected chi connectivity index (χ0v) is 11.7. The highest BCUT2D eigenvalue weighted by Gasteiger charge is 2.67. The van der Waals surface area contributed by atoms with Crippen molar-refractivity contribution in [3.8, 4) is 0 Å². The van der Waals surface area contributed by atoms with Gasteiger partial charge in [0.1, 0.15) is 11.5 Å². The number of nitrogens with zero attached hydrogens (tertiary/aromatic N) is 1. The van der Waals surface area contributed by atoms with Crippen LogP contribution in [-0.4, -0.2) is 35.2 Å². The molecule has 6 heteroatoms. The minimum absolute atomic E-state index is 0.212. The predicted octanol–water partition coefficient (Wildman–Crippen LogP) is 1.71. The Kier molecular flexibility index (Phi) is 2.50. The minimum atomic E-state index is -0.988. The molecule has 1 amide bonds. The Morgan fingerprint density at radius 2 is 2.29 bits per heavy atom. The first-order valence-corrected chi connectivity index (χ1v) is 7.07. The molecule has 0 radical (unpaired) electrons. The van der Waals surface area contributed by atoms with Gasteiger partial charge in [-0.3, -0.25) is 9.59 Å². The molecular formula is C15H12ClNO4. The first-order valence-electron chi connectivity index (χ1n) is 6.69. The third kappa shape index (κ3) is 1.61. The van der Waals surface area contributed by atoms with Gasteiger partial charge in [-0.15, -0.1) is 0 Å². The van der Waals surface area contributed by atoms with Gasteiger partial charge in [0.2, 0.25) is 5.91 Å². The third-order valence-electron chi connectivity index (χ3n) is 4.51. The number of carbonyl (C=O) groups is 2. The first kappa shape index (κ1) is 12.9. The fraction of sp³-hybridized carbons (Fsp3) is 0.333. The Morgan fingerprint density at radius 1 is 1.48 bits per heavy atom. The second kappa shape index (κ2) is 4.08. The highest BCUT2D eigenvalue weighted by atomic mass is 35.5. The lowest BCUT2D eigenvalue weighted by atomic mass is 9.77. The average Bonchev–Trinajstić information content (AvgIpc) is 3.07. The van der Waals surface area contributed by atoms with Crippen molar-refractivity contribution < 1.29 is 19.4 Å². The number of hydrogen-bond acceptors (Lipinski definition) is 3. The fourth-order valence-electron chi connectivity index (χ4n) is 3.64. The molecule has 108 valence electrons. The molecule has 4 rings (SSSR count). The van der Waals surface area contributed by atoms with E-state index in [0.717, 1.165) is 0 Å². The number of ether oxygens (including phenoxy) is 1. The normalized spacial score (nSPS) is 36.3. The van der Waals surface area contributed by atoms with Crippen LogP contribution in [0.4, 0.5) is 5.69 Å². The number of carboxylic acid groups (broad SMARTS) is 1. The van der Waals surface area contributed by atoms with Crippen molar-refractivity contribution >= 4 is 29.2 Å². The van der Waals surface area contributed by atoms with E-state index in [2.05, 4.69) is 0 Å². The van der Waals surface area contributed by atoms with E-state index < -0.39 is 29.5 Å². The van der Waals surface area contributed by atoms with Gasteiger partial charge < -0.3 is 14.7 Å². The van der Waals surface area contributed by atoms with Gasteiger partial charge >= 0.3 is 5.97 Å². The van der Waals surface area contributed by atoms with Gasteiger partial charge in [0.25, 0.3) is 0 Å². The Bertz CT molecular complexity index is 688. The number of rotatable bonds is 2. The number of amides is 1. The summed E-state index contributed by atoms with van der Waals surface area (Å²) in [5, 5.41) is 9.92. The summed E-state index contributed by atoms with van der Waals surface area (Å²) < 4.78 is 5.82. The van der Waals surface area contributed by atoms with Gasteiger partial charge in [0.05, 0.1) is 18.6 Å². The molecule has 3 aliphatic rings. The van der Waals surface area contributed by atoms with Gasteiger partial charge in [-0.1, -0.05) is 29.8 Å². The van der Waals surface area contributed by atoms with Crippen LogP contribution in [0.3, 0.4) is 0 Å². The Labute approximate surface area is 125 Å². The summed E-state index contributed by atoms with van der Waals surface area (Å²) in [6.07, 6.45) is 3.09. The van der Waals surface area contributed by atoms with Gasteiger partial charge in [-0.25, -0.2) is 0 Å². The van der Waals surface area contributed by atoms with E-state index in [0.29, 0.717) is 17.3 Å². The Hall–Kier alpha value is -1.85. The summed E-state index contributed by atoms with van der Waals surface area (Å²) in [6.45, 7) is 0.327. The van der Waals surface area contributed by atoms with Gasteiger partial charge in [0, 0.05) is 10.7 Å². The number of carbonyl (C=O) groups excluding carboxylic acids is 1.